The molecule has 146 valence electrons. The van der Waals surface area contributed by atoms with Gasteiger partial charge in [-0.3, -0.25) is 0 Å². The average molecular weight is 348 g/mol. The van der Waals surface area contributed by atoms with Crippen molar-refractivity contribution >= 4 is 0 Å². The van der Waals surface area contributed by atoms with Gasteiger partial charge in [-0.25, -0.2) is 0 Å². The molecular formula is C19H41NO4. The molecule has 24 heavy (non-hydrogen) atoms. The van der Waals surface area contributed by atoms with Gasteiger partial charge < -0.3 is 24.3 Å². The maximum atomic E-state index is 5.51. The second-order valence-electron chi connectivity index (χ2n) is 6.70. The minimum Gasteiger partial charge on any atom is -0.379 e. The lowest BCUT2D eigenvalue weighted by Crippen LogP contribution is -2.25. The molecule has 0 aromatic rings. The molecule has 0 heterocycles. The Balaban J connectivity index is 3.00. The Hall–Kier alpha value is -0.200. The van der Waals surface area contributed by atoms with Crippen LogP contribution in [0.3, 0.4) is 0 Å². The molecule has 0 fully saturated rings. The summed E-state index contributed by atoms with van der Waals surface area (Å²) in [5.74, 6) is 1.49. The summed E-state index contributed by atoms with van der Waals surface area (Å²) in [7, 11) is 0. The van der Waals surface area contributed by atoms with Crippen LogP contribution in [0.25, 0.3) is 0 Å². The molecule has 1 unspecified atom stereocenters. The normalized spacial score (nSPS) is 12.9. The van der Waals surface area contributed by atoms with Crippen molar-refractivity contribution in [3.63, 3.8) is 0 Å². The van der Waals surface area contributed by atoms with Crippen LogP contribution in [0.5, 0.6) is 0 Å². The highest BCUT2D eigenvalue weighted by Gasteiger charge is 1.97. The molecule has 5 heteroatoms. The summed E-state index contributed by atoms with van der Waals surface area (Å²) in [5.41, 5.74) is 0. The maximum absolute atomic E-state index is 5.51. The molecule has 0 aliphatic carbocycles. The average Bonchev–Trinajstić information content (AvgIpc) is 2.57. The summed E-state index contributed by atoms with van der Waals surface area (Å²) >= 11 is 0. The van der Waals surface area contributed by atoms with Crippen LogP contribution >= 0.6 is 0 Å². The molecule has 0 radical (unpaired) electrons. The third-order valence-electron chi connectivity index (χ3n) is 3.80. The van der Waals surface area contributed by atoms with Crippen molar-refractivity contribution in [2.75, 3.05) is 65.9 Å². The molecule has 0 saturated carbocycles. The van der Waals surface area contributed by atoms with Gasteiger partial charge in [0.1, 0.15) is 0 Å². The fourth-order valence-electron chi connectivity index (χ4n) is 1.99. The second kappa shape index (κ2) is 19.1. The van der Waals surface area contributed by atoms with E-state index in [0.717, 1.165) is 44.6 Å². The van der Waals surface area contributed by atoms with E-state index >= 15 is 0 Å². The van der Waals surface area contributed by atoms with E-state index in [4.69, 9.17) is 18.9 Å². The molecule has 0 spiro atoms. The van der Waals surface area contributed by atoms with Gasteiger partial charge in [0.25, 0.3) is 0 Å². The molecule has 1 N–H and O–H groups in total. The third kappa shape index (κ3) is 19.8. The van der Waals surface area contributed by atoms with Gasteiger partial charge in [-0.05, 0) is 31.2 Å². The van der Waals surface area contributed by atoms with Gasteiger partial charge >= 0.3 is 0 Å². The Labute approximate surface area is 149 Å². The van der Waals surface area contributed by atoms with Crippen molar-refractivity contribution in [2.24, 2.45) is 11.8 Å². The highest BCUT2D eigenvalue weighted by atomic mass is 16.6. The predicted octanol–water partition coefficient (Wildman–Crippen LogP) is 3.12. The molecule has 0 aliphatic heterocycles. The van der Waals surface area contributed by atoms with Crippen LogP contribution in [0.15, 0.2) is 0 Å². The number of hydrogen-bond donors (Lipinski definition) is 1. The molecule has 0 aliphatic rings. The van der Waals surface area contributed by atoms with E-state index in [2.05, 4.69) is 33.0 Å². The van der Waals surface area contributed by atoms with Gasteiger partial charge in [-0.15, -0.1) is 0 Å². The van der Waals surface area contributed by atoms with Gasteiger partial charge in [-0.1, -0.05) is 34.1 Å². The standard InChI is InChI=1S/C19H41NO4/c1-5-19(4)17-20-8-10-22-12-14-24-16-15-23-13-11-21-9-6-7-18(2)3/h18-20H,5-17H2,1-4H3. The summed E-state index contributed by atoms with van der Waals surface area (Å²) < 4.78 is 21.9. The number of hydrogen-bond acceptors (Lipinski definition) is 5. The van der Waals surface area contributed by atoms with E-state index in [-0.39, 0.29) is 0 Å². The minimum absolute atomic E-state index is 0.614. The molecule has 0 rings (SSSR count). The summed E-state index contributed by atoms with van der Waals surface area (Å²) in [4.78, 5) is 0. The fourth-order valence-corrected chi connectivity index (χ4v) is 1.99. The zero-order valence-electron chi connectivity index (χ0n) is 16.5. The highest BCUT2D eigenvalue weighted by molar-refractivity contribution is 4.53. The Morgan fingerprint density at radius 2 is 1.21 bits per heavy atom. The van der Waals surface area contributed by atoms with Gasteiger partial charge in [-0.2, -0.15) is 0 Å². The van der Waals surface area contributed by atoms with E-state index in [0.29, 0.717) is 39.6 Å². The number of rotatable bonds is 19. The first kappa shape index (κ1) is 23.8. The van der Waals surface area contributed by atoms with Gasteiger partial charge in [0.2, 0.25) is 0 Å². The first-order valence-corrected chi connectivity index (χ1v) is 9.68. The molecule has 0 aromatic carbocycles. The molecule has 1 atom stereocenters. The Morgan fingerprint density at radius 1 is 0.708 bits per heavy atom. The van der Waals surface area contributed by atoms with E-state index in [9.17, 15) is 0 Å². The van der Waals surface area contributed by atoms with E-state index in [1.807, 2.05) is 0 Å². The molecule has 0 aromatic heterocycles. The molecule has 0 bridgehead atoms. The first-order chi connectivity index (χ1) is 11.7. The van der Waals surface area contributed by atoms with Crippen LogP contribution in [-0.2, 0) is 18.9 Å². The fraction of sp³-hybridized carbons (Fsp3) is 1.00. The Bertz CT molecular complexity index is 239. The number of ether oxygens (including phenoxy) is 4. The van der Waals surface area contributed by atoms with Gasteiger partial charge in [0.15, 0.2) is 0 Å². The van der Waals surface area contributed by atoms with Crippen molar-refractivity contribution < 1.29 is 18.9 Å². The second-order valence-corrected chi connectivity index (χ2v) is 6.70. The van der Waals surface area contributed by atoms with Crippen LogP contribution < -0.4 is 5.32 Å². The summed E-state index contributed by atoms with van der Waals surface area (Å²) in [6.45, 7) is 16.3. The largest absolute Gasteiger partial charge is 0.379 e. The smallest absolute Gasteiger partial charge is 0.0701 e. The lowest BCUT2D eigenvalue weighted by atomic mass is 10.1. The third-order valence-corrected chi connectivity index (χ3v) is 3.80. The van der Waals surface area contributed by atoms with Crippen molar-refractivity contribution in [1.82, 2.24) is 5.32 Å². The lowest BCUT2D eigenvalue weighted by molar-refractivity contribution is -0.00197. The van der Waals surface area contributed by atoms with E-state index in [1.54, 1.807) is 0 Å². The molecule has 0 amide bonds. The summed E-state index contributed by atoms with van der Waals surface area (Å²) in [6.07, 6.45) is 3.58. The number of nitrogens with one attached hydrogen (secondary N) is 1. The maximum Gasteiger partial charge on any atom is 0.0701 e. The Morgan fingerprint density at radius 3 is 1.71 bits per heavy atom. The first-order valence-electron chi connectivity index (χ1n) is 9.68. The molecule has 5 nitrogen and oxygen atoms in total. The van der Waals surface area contributed by atoms with Gasteiger partial charge in [0, 0.05) is 13.2 Å². The van der Waals surface area contributed by atoms with Crippen molar-refractivity contribution in [1.29, 1.82) is 0 Å². The monoisotopic (exact) mass is 347 g/mol. The summed E-state index contributed by atoms with van der Waals surface area (Å²) in [5, 5.41) is 3.39. The zero-order valence-corrected chi connectivity index (χ0v) is 16.5. The zero-order chi connectivity index (χ0) is 17.9. The van der Waals surface area contributed by atoms with Crippen LogP contribution in [0.2, 0.25) is 0 Å². The van der Waals surface area contributed by atoms with E-state index < -0.39 is 0 Å². The lowest BCUT2D eigenvalue weighted by Gasteiger charge is -2.10. The van der Waals surface area contributed by atoms with Gasteiger partial charge in [0.05, 0.1) is 46.2 Å². The molecule has 0 saturated heterocycles. The van der Waals surface area contributed by atoms with Crippen LogP contribution in [0, 0.1) is 11.8 Å². The molecular weight excluding hydrogens is 306 g/mol. The Kier molecular flexibility index (Phi) is 19.0. The van der Waals surface area contributed by atoms with Crippen LogP contribution in [0.1, 0.15) is 47.0 Å². The predicted molar refractivity (Wildman–Crippen MR) is 99.7 cm³/mol. The van der Waals surface area contributed by atoms with E-state index in [1.165, 1.54) is 12.8 Å². The van der Waals surface area contributed by atoms with Crippen molar-refractivity contribution in [3.8, 4) is 0 Å². The van der Waals surface area contributed by atoms with Crippen molar-refractivity contribution in [2.45, 2.75) is 47.0 Å². The van der Waals surface area contributed by atoms with Crippen LogP contribution in [-0.4, -0.2) is 65.9 Å². The topological polar surface area (TPSA) is 49.0 Å². The quantitative estimate of drug-likeness (QED) is 0.364. The van der Waals surface area contributed by atoms with Crippen LogP contribution in [0.4, 0.5) is 0 Å². The minimum atomic E-state index is 0.614. The summed E-state index contributed by atoms with van der Waals surface area (Å²) in [6, 6.07) is 0. The highest BCUT2D eigenvalue weighted by Crippen LogP contribution is 2.02. The van der Waals surface area contributed by atoms with Crippen molar-refractivity contribution in [3.05, 3.63) is 0 Å². The SMILES string of the molecule is CCC(C)CNCCOCCOCCOCCOCCCC(C)C.